The van der Waals surface area contributed by atoms with Gasteiger partial charge in [0.2, 0.25) is 0 Å². The van der Waals surface area contributed by atoms with Crippen molar-refractivity contribution in [3.05, 3.63) is 77.9 Å². The van der Waals surface area contributed by atoms with Gasteiger partial charge in [-0.15, -0.1) is 0 Å². The fourth-order valence-corrected chi connectivity index (χ4v) is 3.88. The smallest absolute Gasteiger partial charge is 0.330 e. The van der Waals surface area contributed by atoms with E-state index >= 15 is 0 Å². The molecular formula is C29H36O7. The summed E-state index contributed by atoms with van der Waals surface area (Å²) < 4.78 is 28.5. The first-order valence-corrected chi connectivity index (χ1v) is 12.4. The zero-order valence-corrected chi connectivity index (χ0v) is 21.3. The summed E-state index contributed by atoms with van der Waals surface area (Å²) in [6.07, 6.45) is 3.27. The van der Waals surface area contributed by atoms with Crippen LogP contribution in [-0.2, 0) is 41.8 Å². The first kappa shape index (κ1) is 27.4. The maximum Gasteiger partial charge on any atom is 0.330 e. The minimum absolute atomic E-state index is 0.170. The molecule has 0 N–H and O–H groups in total. The standard InChI is InChI=1S/C29H36O7/c1-21-9-12-26(33-19-23-7-5-4-6-8-23)15-17-29(31)36-22(2)27(16-18-28(30)35-21)34-20-24-10-13-25(32-3)14-11-24/h4-8,10-11,13-15,17,21-22,26-27H,9,12,16,18-20H2,1-3H3/b17-15-/t21-,22-,26-,27?/m1/s1. The Bertz CT molecular complexity index is 971. The molecule has 7 nitrogen and oxygen atoms in total. The molecule has 2 aromatic carbocycles. The lowest BCUT2D eigenvalue weighted by Crippen LogP contribution is -2.32. The van der Waals surface area contributed by atoms with Crippen molar-refractivity contribution in [2.45, 2.75) is 77.2 Å². The Morgan fingerprint density at radius 3 is 2.25 bits per heavy atom. The van der Waals surface area contributed by atoms with Gasteiger partial charge in [-0.25, -0.2) is 4.79 Å². The van der Waals surface area contributed by atoms with Gasteiger partial charge in [-0.2, -0.15) is 0 Å². The molecule has 2 aromatic rings. The number of rotatable bonds is 7. The van der Waals surface area contributed by atoms with Gasteiger partial charge in [0.05, 0.1) is 38.6 Å². The highest BCUT2D eigenvalue weighted by molar-refractivity contribution is 5.82. The predicted molar refractivity (Wildman–Crippen MR) is 135 cm³/mol. The lowest BCUT2D eigenvalue weighted by molar-refractivity contribution is -0.154. The van der Waals surface area contributed by atoms with Crippen LogP contribution in [0.2, 0.25) is 0 Å². The summed E-state index contributed by atoms with van der Waals surface area (Å²) in [5.41, 5.74) is 1.99. The van der Waals surface area contributed by atoms with Crippen LogP contribution in [0.4, 0.5) is 0 Å². The van der Waals surface area contributed by atoms with Crippen LogP contribution in [0.15, 0.2) is 66.7 Å². The SMILES string of the molecule is COc1ccc(COC2CCC(=O)O[C@H](C)CC[C@@H](OCc3ccccc3)/C=C\C(=O)O[C@@H]2C)cc1. The van der Waals surface area contributed by atoms with Crippen molar-refractivity contribution < 1.29 is 33.3 Å². The topological polar surface area (TPSA) is 80.3 Å². The Balaban J connectivity index is 1.65. The zero-order valence-electron chi connectivity index (χ0n) is 21.3. The monoisotopic (exact) mass is 496 g/mol. The van der Waals surface area contributed by atoms with Crippen molar-refractivity contribution in [3.8, 4) is 5.75 Å². The van der Waals surface area contributed by atoms with Crippen LogP contribution < -0.4 is 4.74 Å². The van der Waals surface area contributed by atoms with E-state index in [0.717, 1.165) is 16.9 Å². The second kappa shape index (κ2) is 14.4. The van der Waals surface area contributed by atoms with Crippen LogP contribution in [0.5, 0.6) is 5.75 Å². The molecule has 0 aliphatic carbocycles. The molecule has 0 aromatic heterocycles. The van der Waals surface area contributed by atoms with E-state index in [0.29, 0.717) is 32.5 Å². The lowest BCUT2D eigenvalue weighted by Gasteiger charge is -2.25. The number of carbonyl (C=O) groups excluding carboxylic acids is 2. The van der Waals surface area contributed by atoms with E-state index < -0.39 is 18.2 Å². The molecule has 0 bridgehead atoms. The van der Waals surface area contributed by atoms with Gasteiger partial charge in [0, 0.05) is 12.5 Å². The van der Waals surface area contributed by atoms with Crippen LogP contribution >= 0.6 is 0 Å². The molecule has 1 unspecified atom stereocenters. The highest BCUT2D eigenvalue weighted by atomic mass is 16.6. The molecule has 0 spiro atoms. The van der Waals surface area contributed by atoms with Gasteiger partial charge in [0.15, 0.2) is 0 Å². The number of hydrogen-bond acceptors (Lipinski definition) is 7. The molecule has 4 atom stereocenters. The van der Waals surface area contributed by atoms with Gasteiger partial charge in [-0.1, -0.05) is 42.5 Å². The van der Waals surface area contributed by atoms with Gasteiger partial charge < -0.3 is 23.7 Å². The molecule has 3 rings (SSSR count). The summed E-state index contributed by atoms with van der Waals surface area (Å²) >= 11 is 0. The number of methoxy groups -OCH3 is 1. The van der Waals surface area contributed by atoms with Gasteiger partial charge in [0.1, 0.15) is 11.9 Å². The fourth-order valence-electron chi connectivity index (χ4n) is 3.88. The Hall–Kier alpha value is -3.16. The largest absolute Gasteiger partial charge is 0.497 e. The molecule has 0 saturated heterocycles. The van der Waals surface area contributed by atoms with E-state index in [1.807, 2.05) is 61.5 Å². The second-order valence-corrected chi connectivity index (χ2v) is 8.95. The Morgan fingerprint density at radius 1 is 0.833 bits per heavy atom. The van der Waals surface area contributed by atoms with Crippen LogP contribution in [0.3, 0.4) is 0 Å². The van der Waals surface area contributed by atoms with Crippen molar-refractivity contribution >= 4 is 11.9 Å². The van der Waals surface area contributed by atoms with E-state index in [-0.39, 0.29) is 24.6 Å². The minimum Gasteiger partial charge on any atom is -0.497 e. The quantitative estimate of drug-likeness (QED) is 0.490. The molecule has 194 valence electrons. The normalized spacial score (nSPS) is 24.8. The lowest BCUT2D eigenvalue weighted by atomic mass is 10.1. The van der Waals surface area contributed by atoms with E-state index in [1.54, 1.807) is 20.1 Å². The summed E-state index contributed by atoms with van der Waals surface area (Å²) in [6, 6.07) is 17.4. The molecular weight excluding hydrogens is 460 g/mol. The Labute approximate surface area is 213 Å². The molecule has 7 heteroatoms. The van der Waals surface area contributed by atoms with Crippen LogP contribution in [-0.4, -0.2) is 43.5 Å². The van der Waals surface area contributed by atoms with Crippen molar-refractivity contribution in [1.82, 2.24) is 0 Å². The van der Waals surface area contributed by atoms with E-state index in [4.69, 9.17) is 23.7 Å². The van der Waals surface area contributed by atoms with Crippen LogP contribution in [0, 0.1) is 0 Å². The average molecular weight is 497 g/mol. The van der Waals surface area contributed by atoms with E-state index in [2.05, 4.69) is 0 Å². The van der Waals surface area contributed by atoms with Gasteiger partial charge >= 0.3 is 11.9 Å². The van der Waals surface area contributed by atoms with Crippen molar-refractivity contribution in [2.24, 2.45) is 0 Å². The first-order valence-electron chi connectivity index (χ1n) is 12.4. The maximum absolute atomic E-state index is 12.6. The maximum atomic E-state index is 12.6. The molecule has 0 saturated carbocycles. The first-order chi connectivity index (χ1) is 17.4. The number of benzene rings is 2. The zero-order chi connectivity index (χ0) is 25.8. The van der Waals surface area contributed by atoms with Crippen molar-refractivity contribution in [3.63, 3.8) is 0 Å². The number of ether oxygens (including phenoxy) is 5. The summed E-state index contributed by atoms with van der Waals surface area (Å²) in [7, 11) is 1.61. The summed E-state index contributed by atoms with van der Waals surface area (Å²) in [5, 5.41) is 0. The molecule has 0 fully saturated rings. The summed E-state index contributed by atoms with van der Waals surface area (Å²) in [5.74, 6) is -0.0104. The minimum atomic E-state index is -0.558. The van der Waals surface area contributed by atoms with E-state index in [1.165, 1.54) is 6.08 Å². The van der Waals surface area contributed by atoms with Crippen molar-refractivity contribution in [2.75, 3.05) is 7.11 Å². The highest BCUT2D eigenvalue weighted by Gasteiger charge is 2.24. The second-order valence-electron chi connectivity index (χ2n) is 8.95. The van der Waals surface area contributed by atoms with Crippen LogP contribution in [0.25, 0.3) is 0 Å². The predicted octanol–water partition coefficient (Wildman–Crippen LogP) is 5.16. The van der Waals surface area contributed by atoms with Crippen LogP contribution in [0.1, 0.15) is 50.7 Å². The summed E-state index contributed by atoms with van der Waals surface area (Å²) in [6.45, 7) is 4.37. The third-order valence-electron chi connectivity index (χ3n) is 6.03. The van der Waals surface area contributed by atoms with Gasteiger partial charge in [0.25, 0.3) is 0 Å². The van der Waals surface area contributed by atoms with E-state index in [9.17, 15) is 9.59 Å². The van der Waals surface area contributed by atoms with Gasteiger partial charge in [-0.3, -0.25) is 4.79 Å². The highest BCUT2D eigenvalue weighted by Crippen LogP contribution is 2.19. The third-order valence-corrected chi connectivity index (χ3v) is 6.03. The number of carbonyl (C=O) groups is 2. The number of esters is 2. The number of hydrogen-bond donors (Lipinski definition) is 0. The molecule has 1 heterocycles. The molecule has 1 aliphatic rings. The third kappa shape index (κ3) is 9.47. The Kier molecular flexibility index (Phi) is 11.0. The van der Waals surface area contributed by atoms with Crippen molar-refractivity contribution in [1.29, 1.82) is 0 Å². The van der Waals surface area contributed by atoms with Gasteiger partial charge in [-0.05, 0) is 62.4 Å². The Morgan fingerprint density at radius 2 is 1.53 bits per heavy atom. The molecule has 36 heavy (non-hydrogen) atoms. The fraction of sp³-hybridized carbons (Fsp3) is 0.448. The average Bonchev–Trinajstić information content (AvgIpc) is 2.88. The summed E-state index contributed by atoms with van der Waals surface area (Å²) in [4.78, 5) is 25.0. The molecule has 1 aliphatic heterocycles. The number of cyclic esters (lactones) is 2. The molecule has 0 radical (unpaired) electrons. The molecule has 0 amide bonds.